The Morgan fingerprint density at radius 3 is 2.69 bits per heavy atom. The molecule has 94 valence electrons. The van der Waals surface area contributed by atoms with Crippen LogP contribution >= 0.6 is 0 Å². The summed E-state index contributed by atoms with van der Waals surface area (Å²) in [5, 5.41) is 8.68. The van der Waals surface area contributed by atoms with Crippen molar-refractivity contribution in [1.82, 2.24) is 4.90 Å². The third-order valence-electron chi connectivity index (χ3n) is 3.49. The second-order valence-corrected chi connectivity index (χ2v) is 5.58. The Hall–Kier alpha value is -0.570. The molecule has 3 nitrogen and oxygen atoms in total. The fraction of sp³-hybridized carbons (Fsp3) is 0.923. The van der Waals surface area contributed by atoms with E-state index in [1.807, 2.05) is 4.90 Å². The minimum atomic E-state index is 0.195. The van der Waals surface area contributed by atoms with E-state index < -0.39 is 0 Å². The maximum Gasteiger partial charge on any atom is 0.222 e. The molecule has 0 aliphatic carbocycles. The van der Waals surface area contributed by atoms with Gasteiger partial charge in [-0.25, -0.2) is 0 Å². The standard InChI is InChI=1S/C13H25NO2/c1-13(2)7-5-9-14(10-8-13)12(16)6-3-4-11-15/h15H,3-11H2,1-2H3. The fourth-order valence-corrected chi connectivity index (χ4v) is 2.22. The van der Waals surface area contributed by atoms with Crippen LogP contribution in [0.25, 0.3) is 0 Å². The molecule has 1 rings (SSSR count). The Kier molecular flexibility index (Phi) is 5.26. The van der Waals surface area contributed by atoms with E-state index in [1.165, 1.54) is 6.42 Å². The van der Waals surface area contributed by atoms with Crippen LogP contribution in [0.15, 0.2) is 0 Å². The zero-order valence-corrected chi connectivity index (χ0v) is 10.7. The molecule has 16 heavy (non-hydrogen) atoms. The first-order valence-electron chi connectivity index (χ1n) is 6.44. The summed E-state index contributed by atoms with van der Waals surface area (Å²) in [7, 11) is 0. The molecule has 0 aromatic rings. The van der Waals surface area contributed by atoms with Crippen LogP contribution in [0.4, 0.5) is 0 Å². The van der Waals surface area contributed by atoms with Gasteiger partial charge in [-0.2, -0.15) is 0 Å². The van der Waals surface area contributed by atoms with Gasteiger partial charge in [-0.05, 0) is 37.5 Å². The average molecular weight is 227 g/mol. The third-order valence-corrected chi connectivity index (χ3v) is 3.49. The van der Waals surface area contributed by atoms with Gasteiger partial charge in [-0.3, -0.25) is 4.79 Å². The Labute approximate surface area is 98.8 Å². The van der Waals surface area contributed by atoms with Crippen LogP contribution in [0.5, 0.6) is 0 Å². The lowest BCUT2D eigenvalue weighted by molar-refractivity contribution is -0.131. The molecule has 3 heteroatoms. The SMILES string of the molecule is CC1(C)CCCN(C(=O)CCCCO)CC1. The smallest absolute Gasteiger partial charge is 0.222 e. The molecule has 0 aromatic carbocycles. The Morgan fingerprint density at radius 1 is 1.25 bits per heavy atom. The van der Waals surface area contributed by atoms with E-state index in [-0.39, 0.29) is 12.5 Å². The van der Waals surface area contributed by atoms with E-state index in [0.29, 0.717) is 11.8 Å². The molecule has 1 heterocycles. The summed E-state index contributed by atoms with van der Waals surface area (Å²) in [6, 6.07) is 0. The van der Waals surface area contributed by atoms with Gasteiger partial charge in [0.15, 0.2) is 0 Å². The largest absolute Gasteiger partial charge is 0.396 e. The quantitative estimate of drug-likeness (QED) is 0.748. The van der Waals surface area contributed by atoms with Crippen LogP contribution < -0.4 is 0 Å². The molecule has 0 aromatic heterocycles. The van der Waals surface area contributed by atoms with Crippen molar-refractivity contribution < 1.29 is 9.90 Å². The maximum atomic E-state index is 11.9. The van der Waals surface area contributed by atoms with Crippen molar-refractivity contribution in [3.63, 3.8) is 0 Å². The predicted molar refractivity (Wildman–Crippen MR) is 65.1 cm³/mol. The van der Waals surface area contributed by atoms with Crippen molar-refractivity contribution in [2.24, 2.45) is 5.41 Å². The van der Waals surface area contributed by atoms with Crippen molar-refractivity contribution in [3.05, 3.63) is 0 Å². The van der Waals surface area contributed by atoms with Gasteiger partial charge in [0.1, 0.15) is 0 Å². The number of rotatable bonds is 4. The Bertz CT molecular complexity index is 226. The molecular weight excluding hydrogens is 202 g/mol. The number of hydrogen-bond acceptors (Lipinski definition) is 2. The van der Waals surface area contributed by atoms with Crippen LogP contribution in [0, 0.1) is 5.41 Å². The molecule has 0 saturated carbocycles. The molecule has 1 N–H and O–H groups in total. The van der Waals surface area contributed by atoms with Gasteiger partial charge in [0.25, 0.3) is 0 Å². The molecule has 0 atom stereocenters. The topological polar surface area (TPSA) is 40.5 Å². The van der Waals surface area contributed by atoms with Crippen LogP contribution in [-0.4, -0.2) is 35.6 Å². The fourth-order valence-electron chi connectivity index (χ4n) is 2.22. The molecule has 1 saturated heterocycles. The number of amides is 1. The highest BCUT2D eigenvalue weighted by molar-refractivity contribution is 5.76. The normalized spacial score (nSPS) is 20.6. The molecule has 0 unspecified atom stereocenters. The van der Waals surface area contributed by atoms with Crippen LogP contribution in [0.1, 0.15) is 52.4 Å². The number of aliphatic hydroxyl groups excluding tert-OH is 1. The minimum Gasteiger partial charge on any atom is -0.396 e. The summed E-state index contributed by atoms with van der Waals surface area (Å²) in [5.41, 5.74) is 0.389. The van der Waals surface area contributed by atoms with Gasteiger partial charge >= 0.3 is 0 Å². The van der Waals surface area contributed by atoms with E-state index in [2.05, 4.69) is 13.8 Å². The van der Waals surface area contributed by atoms with Gasteiger partial charge in [-0.15, -0.1) is 0 Å². The molecule has 1 fully saturated rings. The highest BCUT2D eigenvalue weighted by Crippen LogP contribution is 2.29. The first kappa shape index (κ1) is 13.5. The monoisotopic (exact) mass is 227 g/mol. The zero-order valence-electron chi connectivity index (χ0n) is 10.7. The second-order valence-electron chi connectivity index (χ2n) is 5.58. The number of unbranched alkanes of at least 4 members (excludes halogenated alkanes) is 1. The van der Waals surface area contributed by atoms with Gasteiger partial charge in [0, 0.05) is 26.1 Å². The Balaban J connectivity index is 2.33. The van der Waals surface area contributed by atoms with Crippen LogP contribution in [0.2, 0.25) is 0 Å². The number of aliphatic hydroxyl groups is 1. The first-order valence-corrected chi connectivity index (χ1v) is 6.44. The number of hydrogen-bond donors (Lipinski definition) is 1. The average Bonchev–Trinajstić information content (AvgIpc) is 2.39. The predicted octanol–water partition coefficient (Wildman–Crippen LogP) is 2.19. The summed E-state index contributed by atoms with van der Waals surface area (Å²) in [5.74, 6) is 0.270. The van der Waals surface area contributed by atoms with Crippen LogP contribution in [0.3, 0.4) is 0 Å². The van der Waals surface area contributed by atoms with Crippen molar-refractivity contribution in [2.75, 3.05) is 19.7 Å². The van der Waals surface area contributed by atoms with Crippen molar-refractivity contribution in [3.8, 4) is 0 Å². The van der Waals surface area contributed by atoms with Crippen molar-refractivity contribution >= 4 is 5.91 Å². The number of carbonyl (C=O) groups is 1. The number of likely N-dealkylation sites (tertiary alicyclic amines) is 1. The highest BCUT2D eigenvalue weighted by atomic mass is 16.3. The lowest BCUT2D eigenvalue weighted by Gasteiger charge is -2.23. The van der Waals surface area contributed by atoms with Gasteiger partial charge < -0.3 is 10.0 Å². The lowest BCUT2D eigenvalue weighted by Crippen LogP contribution is -2.32. The summed E-state index contributed by atoms with van der Waals surface area (Å²) in [4.78, 5) is 13.9. The third kappa shape index (κ3) is 4.52. The second kappa shape index (κ2) is 6.24. The van der Waals surface area contributed by atoms with Gasteiger partial charge in [0.2, 0.25) is 5.91 Å². The number of carbonyl (C=O) groups excluding carboxylic acids is 1. The highest BCUT2D eigenvalue weighted by Gasteiger charge is 2.24. The summed E-state index contributed by atoms with van der Waals surface area (Å²) >= 11 is 0. The maximum absolute atomic E-state index is 11.9. The summed E-state index contributed by atoms with van der Waals surface area (Å²) in [6.07, 6.45) is 5.60. The van der Waals surface area contributed by atoms with E-state index in [4.69, 9.17) is 5.11 Å². The van der Waals surface area contributed by atoms with E-state index in [0.717, 1.165) is 38.8 Å². The Morgan fingerprint density at radius 2 is 2.00 bits per heavy atom. The molecule has 0 radical (unpaired) electrons. The van der Waals surface area contributed by atoms with E-state index in [9.17, 15) is 4.79 Å². The van der Waals surface area contributed by atoms with Gasteiger partial charge in [0.05, 0.1) is 0 Å². The summed E-state index contributed by atoms with van der Waals surface area (Å²) < 4.78 is 0. The van der Waals surface area contributed by atoms with Crippen LogP contribution in [-0.2, 0) is 4.79 Å². The van der Waals surface area contributed by atoms with E-state index in [1.54, 1.807) is 0 Å². The van der Waals surface area contributed by atoms with Gasteiger partial charge in [-0.1, -0.05) is 13.8 Å². The molecule has 1 amide bonds. The van der Waals surface area contributed by atoms with E-state index >= 15 is 0 Å². The van der Waals surface area contributed by atoms with Crippen molar-refractivity contribution in [2.45, 2.75) is 52.4 Å². The molecule has 0 bridgehead atoms. The molecule has 0 spiro atoms. The first-order chi connectivity index (χ1) is 7.55. The zero-order chi connectivity index (χ0) is 12.0. The summed E-state index contributed by atoms with van der Waals surface area (Å²) in [6.45, 7) is 6.59. The minimum absolute atomic E-state index is 0.195. The lowest BCUT2D eigenvalue weighted by atomic mass is 9.85. The van der Waals surface area contributed by atoms with Crippen molar-refractivity contribution in [1.29, 1.82) is 0 Å². The number of nitrogens with zero attached hydrogens (tertiary/aromatic N) is 1. The molecule has 1 aliphatic rings. The molecular formula is C13H25NO2. The molecule has 1 aliphatic heterocycles.